The molecule has 0 unspecified atom stereocenters. The fourth-order valence-corrected chi connectivity index (χ4v) is 5.94. The Kier molecular flexibility index (Phi) is 4.85. The lowest BCUT2D eigenvalue weighted by molar-refractivity contribution is 0.673. The Hall–Kier alpha value is -5.66. The molecule has 186 valence electrons. The highest BCUT2D eigenvalue weighted by molar-refractivity contribution is 6.24. The fraction of sp³-hybridized carbons (Fsp3) is 0. The smallest absolute Gasteiger partial charge is 0.145 e. The minimum Gasteiger partial charge on any atom is -0.455 e. The molecule has 0 aliphatic carbocycles. The average molecular weight is 512 g/mol. The van der Waals surface area contributed by atoms with Gasteiger partial charge in [0.15, 0.2) is 0 Å². The van der Waals surface area contributed by atoms with Crippen LogP contribution in [-0.2, 0) is 0 Å². The van der Waals surface area contributed by atoms with E-state index in [-0.39, 0.29) is 0 Å². The summed E-state index contributed by atoms with van der Waals surface area (Å²) in [5.41, 5.74) is 9.76. The zero-order valence-electron chi connectivity index (χ0n) is 21.4. The first-order valence-electron chi connectivity index (χ1n) is 13.2. The summed E-state index contributed by atoms with van der Waals surface area (Å²) in [6, 6.07) is 44.1. The number of furan rings is 1. The van der Waals surface area contributed by atoms with Crippen LogP contribution in [0, 0.1) is 11.3 Å². The van der Waals surface area contributed by atoms with Crippen LogP contribution in [0.25, 0.3) is 71.7 Å². The van der Waals surface area contributed by atoms with Crippen LogP contribution < -0.4 is 0 Å². The summed E-state index contributed by atoms with van der Waals surface area (Å²) in [7, 11) is 0. The van der Waals surface area contributed by atoms with E-state index in [1.807, 2.05) is 24.3 Å². The summed E-state index contributed by atoms with van der Waals surface area (Å²) in [6.07, 6.45) is 1.69. The molecule has 0 atom stereocenters. The maximum Gasteiger partial charge on any atom is 0.145 e. The van der Waals surface area contributed by atoms with Gasteiger partial charge >= 0.3 is 0 Å². The van der Waals surface area contributed by atoms with Crippen molar-refractivity contribution in [1.29, 1.82) is 5.26 Å². The van der Waals surface area contributed by atoms with E-state index in [0.717, 1.165) is 71.7 Å². The van der Waals surface area contributed by atoms with Crippen molar-refractivity contribution in [2.24, 2.45) is 0 Å². The monoisotopic (exact) mass is 511 g/mol. The first kappa shape index (κ1) is 22.3. The summed E-state index contributed by atoms with van der Waals surface area (Å²) >= 11 is 0. The third-order valence-corrected chi connectivity index (χ3v) is 7.71. The molecule has 4 heteroatoms. The number of benzene rings is 5. The minimum absolute atomic E-state index is 0.408. The van der Waals surface area contributed by atoms with Crippen LogP contribution in [-0.4, -0.2) is 9.55 Å². The van der Waals surface area contributed by atoms with E-state index in [0.29, 0.717) is 5.69 Å². The number of hydrogen-bond acceptors (Lipinski definition) is 3. The van der Waals surface area contributed by atoms with Crippen molar-refractivity contribution in [2.75, 3.05) is 0 Å². The zero-order chi connectivity index (χ0) is 26.6. The molecule has 3 aromatic heterocycles. The van der Waals surface area contributed by atoms with Crippen molar-refractivity contribution >= 4 is 43.7 Å². The molecule has 0 fully saturated rings. The Morgan fingerprint density at radius 3 is 2.33 bits per heavy atom. The lowest BCUT2D eigenvalue weighted by Gasteiger charge is -2.15. The number of nitriles is 1. The third-order valence-electron chi connectivity index (χ3n) is 7.71. The first-order chi connectivity index (χ1) is 19.8. The Labute approximate surface area is 230 Å². The van der Waals surface area contributed by atoms with Crippen molar-refractivity contribution in [3.8, 4) is 34.0 Å². The molecule has 0 radical (unpaired) electrons. The molecule has 8 rings (SSSR count). The molecular formula is C36H21N3O. The van der Waals surface area contributed by atoms with Gasteiger partial charge in [0.25, 0.3) is 0 Å². The van der Waals surface area contributed by atoms with Crippen LogP contribution in [0.5, 0.6) is 0 Å². The summed E-state index contributed by atoms with van der Waals surface area (Å²) in [5, 5.41) is 13.9. The second-order valence-corrected chi connectivity index (χ2v) is 9.93. The second-order valence-electron chi connectivity index (χ2n) is 9.93. The molecule has 0 spiro atoms. The maximum absolute atomic E-state index is 9.34. The Bertz CT molecular complexity index is 2300. The topological polar surface area (TPSA) is 54.8 Å². The molecular weight excluding hydrogens is 490 g/mol. The number of rotatable bonds is 3. The third kappa shape index (κ3) is 3.28. The van der Waals surface area contributed by atoms with Gasteiger partial charge in [-0.2, -0.15) is 5.26 Å². The van der Waals surface area contributed by atoms with Gasteiger partial charge in [0.2, 0.25) is 0 Å². The molecule has 0 N–H and O–H groups in total. The Morgan fingerprint density at radius 1 is 0.625 bits per heavy atom. The van der Waals surface area contributed by atoms with Crippen LogP contribution in [0.4, 0.5) is 0 Å². The zero-order valence-corrected chi connectivity index (χ0v) is 21.4. The van der Waals surface area contributed by atoms with Gasteiger partial charge in [-0.1, -0.05) is 72.8 Å². The highest BCUT2D eigenvalue weighted by atomic mass is 16.3. The molecule has 5 aromatic carbocycles. The van der Waals surface area contributed by atoms with E-state index in [2.05, 4.69) is 113 Å². The molecule has 0 amide bonds. The van der Waals surface area contributed by atoms with E-state index in [1.165, 1.54) is 0 Å². The SMILES string of the molecule is N#Cc1cc(-c2cccc(-c3ccccc3-n3c4ccccc4c4c5oc6ccccc6c5ccc43)c2)ccn1. The number of para-hydroxylation sites is 3. The molecule has 0 bridgehead atoms. The van der Waals surface area contributed by atoms with Crippen LogP contribution in [0.15, 0.2) is 132 Å². The second kappa shape index (κ2) is 8.69. The number of pyridine rings is 1. The molecule has 0 saturated carbocycles. The van der Waals surface area contributed by atoms with Gasteiger partial charge in [0.1, 0.15) is 22.9 Å². The van der Waals surface area contributed by atoms with Gasteiger partial charge in [0.05, 0.1) is 22.1 Å². The number of aromatic nitrogens is 2. The molecule has 4 nitrogen and oxygen atoms in total. The predicted molar refractivity (Wildman–Crippen MR) is 161 cm³/mol. The van der Waals surface area contributed by atoms with Gasteiger partial charge in [0, 0.05) is 27.9 Å². The molecule has 0 aliphatic rings. The maximum atomic E-state index is 9.34. The minimum atomic E-state index is 0.408. The molecule has 3 heterocycles. The van der Waals surface area contributed by atoms with Gasteiger partial charge in [-0.3, -0.25) is 0 Å². The van der Waals surface area contributed by atoms with Crippen LogP contribution in [0.2, 0.25) is 0 Å². The van der Waals surface area contributed by atoms with Gasteiger partial charge in [-0.25, -0.2) is 4.98 Å². The van der Waals surface area contributed by atoms with Crippen molar-refractivity contribution in [3.63, 3.8) is 0 Å². The standard InChI is InChI=1S/C36H21N3O/c37-22-26-21-24(18-19-38-26)23-8-7-9-25(20-23)27-10-1-4-13-31(27)39-32-14-5-2-12-30(32)35-33(39)17-16-29-28-11-3-6-15-34(28)40-36(29)35/h1-21H. The average Bonchev–Trinajstić information content (AvgIpc) is 3.57. The molecule has 40 heavy (non-hydrogen) atoms. The summed E-state index contributed by atoms with van der Waals surface area (Å²) in [4.78, 5) is 4.13. The number of nitrogens with zero attached hydrogens (tertiary/aromatic N) is 3. The van der Waals surface area contributed by atoms with E-state index in [1.54, 1.807) is 6.20 Å². The van der Waals surface area contributed by atoms with Gasteiger partial charge < -0.3 is 8.98 Å². The lowest BCUT2D eigenvalue weighted by atomic mass is 9.98. The van der Waals surface area contributed by atoms with Crippen molar-refractivity contribution < 1.29 is 4.42 Å². The molecule has 0 aliphatic heterocycles. The van der Waals surface area contributed by atoms with Crippen LogP contribution in [0.3, 0.4) is 0 Å². The summed E-state index contributed by atoms with van der Waals surface area (Å²) < 4.78 is 8.83. The Morgan fingerprint density at radius 2 is 1.40 bits per heavy atom. The molecule has 8 aromatic rings. The Balaban J connectivity index is 1.40. The van der Waals surface area contributed by atoms with Crippen molar-refractivity contribution in [3.05, 3.63) is 133 Å². The number of hydrogen-bond donors (Lipinski definition) is 0. The number of fused-ring (bicyclic) bond motifs is 7. The first-order valence-corrected chi connectivity index (χ1v) is 13.2. The van der Waals surface area contributed by atoms with E-state index in [9.17, 15) is 5.26 Å². The summed E-state index contributed by atoms with van der Waals surface area (Å²) in [5.74, 6) is 0. The molecule has 0 saturated heterocycles. The van der Waals surface area contributed by atoms with Gasteiger partial charge in [-0.15, -0.1) is 0 Å². The quantitative estimate of drug-likeness (QED) is 0.237. The highest BCUT2D eigenvalue weighted by Gasteiger charge is 2.20. The normalized spacial score (nSPS) is 11.5. The highest BCUT2D eigenvalue weighted by Crippen LogP contribution is 2.42. The van der Waals surface area contributed by atoms with Crippen LogP contribution >= 0.6 is 0 Å². The fourth-order valence-electron chi connectivity index (χ4n) is 5.94. The summed E-state index contributed by atoms with van der Waals surface area (Å²) in [6.45, 7) is 0. The van der Waals surface area contributed by atoms with Gasteiger partial charge in [-0.05, 0) is 65.2 Å². The predicted octanol–water partition coefficient (Wildman–Crippen LogP) is 9.28. The lowest BCUT2D eigenvalue weighted by Crippen LogP contribution is -1.97. The van der Waals surface area contributed by atoms with E-state index >= 15 is 0 Å². The van der Waals surface area contributed by atoms with E-state index in [4.69, 9.17) is 4.42 Å². The van der Waals surface area contributed by atoms with Crippen molar-refractivity contribution in [1.82, 2.24) is 9.55 Å². The van der Waals surface area contributed by atoms with E-state index < -0.39 is 0 Å². The largest absolute Gasteiger partial charge is 0.455 e. The van der Waals surface area contributed by atoms with Crippen molar-refractivity contribution in [2.45, 2.75) is 0 Å². The van der Waals surface area contributed by atoms with Crippen LogP contribution in [0.1, 0.15) is 5.69 Å².